The van der Waals surface area contributed by atoms with Crippen LogP contribution in [0.3, 0.4) is 0 Å². The number of hydrogen-bond donors (Lipinski definition) is 1. The van der Waals surface area contributed by atoms with Gasteiger partial charge in [-0.15, -0.1) is 10.1 Å². The number of amides is 1. The third-order valence-corrected chi connectivity index (χ3v) is 5.19. The van der Waals surface area contributed by atoms with Crippen LogP contribution in [0.5, 0.6) is 5.75 Å². The maximum Gasteiger partial charge on any atom is 0.299 e. The summed E-state index contributed by atoms with van der Waals surface area (Å²) >= 11 is 0. The van der Waals surface area contributed by atoms with Crippen LogP contribution in [-0.2, 0) is 14.4 Å². The van der Waals surface area contributed by atoms with E-state index in [1.807, 2.05) is 25.1 Å². The molecule has 1 aliphatic rings. The molecule has 202 valence electrons. The maximum absolute atomic E-state index is 13.6. The van der Waals surface area contributed by atoms with Gasteiger partial charge in [-0.25, -0.2) is 0 Å². The highest BCUT2D eigenvalue weighted by molar-refractivity contribution is 5.75. The summed E-state index contributed by atoms with van der Waals surface area (Å²) in [6.07, 6.45) is 13.2. The van der Waals surface area contributed by atoms with Gasteiger partial charge in [-0.1, -0.05) is 49.3 Å². The number of carbonyl (C=O) groups is 1. The van der Waals surface area contributed by atoms with Crippen LogP contribution in [0.25, 0.3) is 0 Å². The molecule has 0 unspecified atom stereocenters. The van der Waals surface area contributed by atoms with E-state index < -0.39 is 17.6 Å². The Bertz CT molecular complexity index is 784. The van der Waals surface area contributed by atoms with Crippen LogP contribution in [0, 0.1) is 16.0 Å². The average Bonchev–Trinajstić information content (AvgIpc) is 3.39. The van der Waals surface area contributed by atoms with Crippen LogP contribution in [0.4, 0.5) is 8.78 Å². The van der Waals surface area contributed by atoms with E-state index in [2.05, 4.69) is 10.2 Å². The highest BCUT2D eigenvalue weighted by Crippen LogP contribution is 2.27. The SMILES string of the molecule is CC=CCCCC(=O)NCCOCCO[N+](=O)[O-].FC(F)(/C=C/C1CCCC1)COc1ccccc1. The zero-order chi connectivity index (χ0) is 26.5. The molecule has 8 nitrogen and oxygen atoms in total. The van der Waals surface area contributed by atoms with Crippen molar-refractivity contribution in [3.8, 4) is 5.75 Å². The van der Waals surface area contributed by atoms with Gasteiger partial charge in [0.2, 0.25) is 5.91 Å². The Kier molecular flexibility index (Phi) is 16.6. The Labute approximate surface area is 211 Å². The zero-order valence-electron chi connectivity index (χ0n) is 20.9. The number of rotatable bonds is 16. The van der Waals surface area contributed by atoms with Gasteiger partial charge in [0.15, 0.2) is 6.61 Å². The van der Waals surface area contributed by atoms with Crippen molar-refractivity contribution < 1.29 is 33.0 Å². The first-order valence-corrected chi connectivity index (χ1v) is 12.3. The Balaban J connectivity index is 0.000000360. The lowest BCUT2D eigenvalue weighted by molar-refractivity contribution is -0.758. The van der Waals surface area contributed by atoms with Crippen LogP contribution < -0.4 is 10.1 Å². The first-order valence-electron chi connectivity index (χ1n) is 12.3. The molecule has 0 aromatic heterocycles. The summed E-state index contributed by atoms with van der Waals surface area (Å²) in [6, 6.07) is 8.71. The Morgan fingerprint density at radius 1 is 1.19 bits per heavy atom. The van der Waals surface area contributed by atoms with Crippen molar-refractivity contribution in [3.05, 3.63) is 64.8 Å². The number of benzene rings is 1. The minimum absolute atomic E-state index is 0.00959. The molecular weight excluding hydrogens is 474 g/mol. The van der Waals surface area contributed by atoms with Crippen LogP contribution in [0.2, 0.25) is 0 Å². The van der Waals surface area contributed by atoms with Crippen molar-refractivity contribution in [2.45, 2.75) is 57.8 Å². The molecule has 1 aliphatic carbocycles. The maximum atomic E-state index is 13.6. The third-order valence-electron chi connectivity index (χ3n) is 5.19. The van der Waals surface area contributed by atoms with Crippen molar-refractivity contribution in [1.29, 1.82) is 0 Å². The van der Waals surface area contributed by atoms with Crippen molar-refractivity contribution in [2.75, 3.05) is 33.0 Å². The predicted molar refractivity (Wildman–Crippen MR) is 133 cm³/mol. The van der Waals surface area contributed by atoms with E-state index in [4.69, 9.17) is 9.47 Å². The van der Waals surface area contributed by atoms with E-state index >= 15 is 0 Å². The molecule has 1 amide bonds. The molecule has 0 radical (unpaired) electrons. The smallest absolute Gasteiger partial charge is 0.299 e. The minimum atomic E-state index is -2.89. The van der Waals surface area contributed by atoms with E-state index in [-0.39, 0.29) is 19.1 Å². The molecule has 36 heavy (non-hydrogen) atoms. The fraction of sp³-hybridized carbons (Fsp3) is 0.577. The number of alkyl halides is 2. The number of hydrogen-bond acceptors (Lipinski definition) is 6. The molecule has 0 spiro atoms. The second-order valence-electron chi connectivity index (χ2n) is 8.25. The van der Waals surface area contributed by atoms with Crippen LogP contribution in [0.1, 0.15) is 51.9 Å². The van der Waals surface area contributed by atoms with Gasteiger partial charge in [0.1, 0.15) is 12.4 Å². The largest absolute Gasteiger partial charge is 0.487 e. The number of unbranched alkanes of at least 4 members (excludes halogenated alkanes) is 1. The molecule has 0 saturated heterocycles. The highest BCUT2D eigenvalue weighted by Gasteiger charge is 2.27. The summed E-state index contributed by atoms with van der Waals surface area (Å²) in [5.74, 6) is -2.10. The van der Waals surface area contributed by atoms with E-state index in [0.717, 1.165) is 44.6 Å². The molecule has 1 fully saturated rings. The lowest BCUT2D eigenvalue weighted by atomic mass is 10.1. The van der Waals surface area contributed by atoms with Gasteiger partial charge < -0.3 is 19.6 Å². The van der Waals surface area contributed by atoms with Crippen molar-refractivity contribution in [2.24, 2.45) is 5.92 Å². The molecule has 1 saturated carbocycles. The van der Waals surface area contributed by atoms with Gasteiger partial charge in [-0.05, 0) is 56.7 Å². The van der Waals surface area contributed by atoms with Gasteiger partial charge in [-0.2, -0.15) is 8.78 Å². The number of allylic oxidation sites excluding steroid dienone is 3. The van der Waals surface area contributed by atoms with Crippen molar-refractivity contribution >= 4 is 5.91 Å². The average molecular weight is 513 g/mol. The lowest BCUT2D eigenvalue weighted by Gasteiger charge is -2.14. The lowest BCUT2D eigenvalue weighted by Crippen LogP contribution is -2.27. The Hall–Kier alpha value is -3.01. The summed E-state index contributed by atoms with van der Waals surface area (Å²) < 4.78 is 37.2. The molecule has 0 heterocycles. The quantitative estimate of drug-likeness (QED) is 0.135. The summed E-state index contributed by atoms with van der Waals surface area (Å²) in [4.78, 5) is 25.1. The number of ether oxygens (including phenoxy) is 2. The van der Waals surface area contributed by atoms with Gasteiger partial charge in [0, 0.05) is 13.0 Å². The van der Waals surface area contributed by atoms with Gasteiger partial charge in [0.05, 0.1) is 13.2 Å². The Morgan fingerprint density at radius 3 is 2.58 bits per heavy atom. The first-order chi connectivity index (χ1) is 17.3. The molecule has 10 heteroatoms. The molecule has 0 atom stereocenters. The molecule has 1 N–H and O–H groups in total. The zero-order valence-corrected chi connectivity index (χ0v) is 20.9. The highest BCUT2D eigenvalue weighted by atomic mass is 19.3. The van der Waals surface area contributed by atoms with Gasteiger partial charge in [-0.3, -0.25) is 4.79 Å². The van der Waals surface area contributed by atoms with E-state index in [1.165, 1.54) is 0 Å². The summed E-state index contributed by atoms with van der Waals surface area (Å²) in [6.45, 7) is 2.12. The number of nitrogens with one attached hydrogen (secondary N) is 1. The number of nitrogens with zero attached hydrogens (tertiary/aromatic N) is 1. The summed E-state index contributed by atoms with van der Waals surface area (Å²) in [5.41, 5.74) is 0. The number of halogens is 2. The summed E-state index contributed by atoms with van der Waals surface area (Å²) in [5, 5.41) is 11.6. The first kappa shape index (κ1) is 31.0. The second-order valence-corrected chi connectivity index (χ2v) is 8.25. The molecule has 0 bridgehead atoms. The van der Waals surface area contributed by atoms with Crippen LogP contribution in [-0.4, -0.2) is 49.9 Å². The van der Waals surface area contributed by atoms with Gasteiger partial charge >= 0.3 is 0 Å². The Morgan fingerprint density at radius 2 is 1.92 bits per heavy atom. The van der Waals surface area contributed by atoms with Crippen LogP contribution in [0.15, 0.2) is 54.6 Å². The third kappa shape index (κ3) is 17.4. The summed E-state index contributed by atoms with van der Waals surface area (Å²) in [7, 11) is 0. The molecular formula is C26H38F2N2O6. The molecule has 0 aliphatic heterocycles. The standard InChI is InChI=1S/C15H18F2O.C11H20N2O5/c16-15(17,11-10-13-6-4-5-7-13)12-18-14-8-2-1-3-9-14;1-2-3-4-5-6-11(14)12-7-8-17-9-10-18-13(15)16/h1-3,8-11,13H,4-7,12H2;2-3H,4-10H2,1H3,(H,12,14)/b11-10+;. The molecule has 1 aromatic rings. The normalized spacial score (nSPS) is 14.0. The van der Waals surface area contributed by atoms with Crippen molar-refractivity contribution in [3.63, 3.8) is 0 Å². The van der Waals surface area contributed by atoms with E-state index in [9.17, 15) is 23.7 Å². The van der Waals surface area contributed by atoms with E-state index in [1.54, 1.807) is 30.3 Å². The molecule has 2 rings (SSSR count). The molecule has 1 aromatic carbocycles. The topological polar surface area (TPSA) is 99.9 Å². The van der Waals surface area contributed by atoms with Crippen molar-refractivity contribution in [1.82, 2.24) is 5.32 Å². The number of carbonyl (C=O) groups excluding carboxylic acids is 1. The monoisotopic (exact) mass is 512 g/mol. The second kappa shape index (κ2) is 19.2. The number of para-hydroxylation sites is 1. The fourth-order valence-corrected chi connectivity index (χ4v) is 3.34. The van der Waals surface area contributed by atoms with E-state index in [0.29, 0.717) is 31.2 Å². The minimum Gasteiger partial charge on any atom is -0.487 e. The predicted octanol–water partition coefficient (Wildman–Crippen LogP) is 5.52. The van der Waals surface area contributed by atoms with Crippen LogP contribution >= 0.6 is 0 Å². The fourth-order valence-electron chi connectivity index (χ4n) is 3.34. The van der Waals surface area contributed by atoms with Gasteiger partial charge in [0.25, 0.3) is 11.0 Å².